The Bertz CT molecular complexity index is 6330. The normalized spacial score (nSPS) is 12.1. The SMILES string of the molecule is CC[C@H](Nc1ncnc(N)c1-c1nc(C)no1)c1cc2cccc(-c3cnn(C)c3)c2c(=O)n1-c1ccccc1.CC[C@H](Nc1ncnc(N)c1-c1nnc(C)o1)c1cc2cccc(-c3cnn(C)c3)c2c(=O)n1-c1ccccc1.CC[C@H](Nc1ncnc(N)c1-c1noc(C)n1)c1cc2cccc(-c3cnn(C)c3)c2c(=O)n1-c1ccccc1. The van der Waals surface area contributed by atoms with Crippen molar-refractivity contribution in [2.24, 2.45) is 21.1 Å². The number of rotatable bonds is 21. The van der Waals surface area contributed by atoms with Gasteiger partial charge < -0.3 is 46.6 Å². The molecule has 12 heterocycles. The van der Waals surface area contributed by atoms with Gasteiger partial charge in [0.25, 0.3) is 28.5 Å². The van der Waals surface area contributed by atoms with E-state index in [0.717, 1.165) is 83.7 Å². The number of aryl methyl sites for hydroxylation is 6. The Morgan fingerprint density at radius 1 is 0.400 bits per heavy atom. The molecule has 0 saturated heterocycles. The minimum atomic E-state index is -0.337. The first kappa shape index (κ1) is 78.0. The molecule has 0 amide bonds. The Kier molecular flexibility index (Phi) is 21.7. The Hall–Kier alpha value is -16.0. The number of hydrogen-bond acceptors (Lipinski definition) is 27. The number of fused-ring (bicyclic) bond motifs is 3. The Morgan fingerprint density at radius 3 is 1.08 bits per heavy atom. The zero-order chi connectivity index (χ0) is 83.4. The predicted octanol–water partition coefficient (Wildman–Crippen LogP) is 14.1. The van der Waals surface area contributed by atoms with Crippen LogP contribution in [-0.2, 0) is 21.1 Å². The van der Waals surface area contributed by atoms with Crippen LogP contribution in [0, 0.1) is 20.8 Å². The van der Waals surface area contributed by atoms with E-state index in [1.54, 1.807) is 67.1 Å². The van der Waals surface area contributed by atoms with E-state index in [1.807, 2.05) is 224 Å². The molecular weight excluding hydrogens is 1520 g/mol. The highest BCUT2D eigenvalue weighted by Crippen LogP contribution is 2.40. The number of aromatic nitrogens is 21. The fraction of sp³-hybridized carbons (Fsp3) is 0.172. The second-order valence-corrected chi connectivity index (χ2v) is 28.3. The Labute approximate surface area is 684 Å². The van der Waals surface area contributed by atoms with E-state index >= 15 is 0 Å². The monoisotopic (exact) mass is 1600 g/mol. The van der Waals surface area contributed by atoms with E-state index in [0.29, 0.717) is 87.2 Å². The summed E-state index contributed by atoms with van der Waals surface area (Å²) in [5.41, 5.74) is 29.2. The first-order chi connectivity index (χ1) is 58.3. The van der Waals surface area contributed by atoms with Gasteiger partial charge >= 0.3 is 0 Å². The van der Waals surface area contributed by atoms with Gasteiger partial charge in [-0.05, 0) is 114 Å². The third-order valence-electron chi connectivity index (χ3n) is 20.4. The fourth-order valence-electron chi connectivity index (χ4n) is 14.9. The van der Waals surface area contributed by atoms with Crippen LogP contribution in [-0.4, -0.2) is 103 Å². The van der Waals surface area contributed by atoms with Crippen molar-refractivity contribution in [1.29, 1.82) is 0 Å². The van der Waals surface area contributed by atoms with Crippen LogP contribution in [0.2, 0.25) is 0 Å². The minimum Gasteiger partial charge on any atom is -0.421 e. The van der Waals surface area contributed by atoms with E-state index in [4.69, 9.17) is 30.7 Å². The number of nitrogen functional groups attached to an aromatic ring is 3. The van der Waals surface area contributed by atoms with Gasteiger partial charge in [0.05, 0.1) is 52.9 Å². The molecule has 0 bridgehead atoms. The van der Waals surface area contributed by atoms with Crippen molar-refractivity contribution in [3.05, 3.63) is 286 Å². The quantitative estimate of drug-likeness (QED) is 0.0389. The number of benzene rings is 6. The zero-order valence-corrected chi connectivity index (χ0v) is 66.7. The third kappa shape index (κ3) is 15.4. The highest BCUT2D eigenvalue weighted by molar-refractivity contribution is 5.99. The molecule has 0 aliphatic rings. The number of hydrogen-bond donors (Lipinski definition) is 6. The van der Waals surface area contributed by atoms with E-state index in [9.17, 15) is 14.4 Å². The number of nitrogens with zero attached hydrogens (tertiary/aromatic N) is 21. The largest absolute Gasteiger partial charge is 0.421 e. The van der Waals surface area contributed by atoms with Crippen molar-refractivity contribution in [2.75, 3.05) is 33.2 Å². The van der Waals surface area contributed by atoms with Gasteiger partial charge in [0.15, 0.2) is 5.82 Å². The summed E-state index contributed by atoms with van der Waals surface area (Å²) in [5.74, 6) is 3.90. The molecule has 18 aromatic rings. The third-order valence-corrected chi connectivity index (χ3v) is 20.4. The number of nitrogens with one attached hydrogen (secondary N) is 3. The van der Waals surface area contributed by atoms with Crippen molar-refractivity contribution < 1.29 is 13.5 Å². The van der Waals surface area contributed by atoms with Gasteiger partial charge in [-0.3, -0.25) is 42.1 Å². The van der Waals surface area contributed by atoms with Crippen LogP contribution in [0.1, 0.15) is 92.8 Å². The Balaban J connectivity index is 0.000000134. The van der Waals surface area contributed by atoms with E-state index in [1.165, 1.54) is 19.0 Å². The van der Waals surface area contributed by atoms with Gasteiger partial charge in [0, 0.05) is 104 Å². The molecule has 9 N–H and O–H groups in total. The average Bonchev–Trinajstić information content (AvgIpc) is 1.04. The van der Waals surface area contributed by atoms with Crippen molar-refractivity contribution in [3.63, 3.8) is 0 Å². The van der Waals surface area contributed by atoms with E-state index in [-0.39, 0.29) is 69.9 Å². The highest BCUT2D eigenvalue weighted by atomic mass is 16.5. The van der Waals surface area contributed by atoms with Crippen molar-refractivity contribution in [2.45, 2.75) is 78.9 Å². The molecule has 18 rings (SSSR count). The number of para-hydroxylation sites is 3. The van der Waals surface area contributed by atoms with Crippen LogP contribution in [0.5, 0.6) is 0 Å². The van der Waals surface area contributed by atoms with E-state index < -0.39 is 0 Å². The minimum absolute atomic E-state index is 0.130. The van der Waals surface area contributed by atoms with Gasteiger partial charge in [-0.25, -0.2) is 29.9 Å². The predicted molar refractivity (Wildman–Crippen MR) is 459 cm³/mol. The molecule has 0 unspecified atom stereocenters. The van der Waals surface area contributed by atoms with Crippen LogP contribution in [0.25, 0.3) is 117 Å². The maximum atomic E-state index is 14.4. The van der Waals surface area contributed by atoms with Crippen LogP contribution in [0.4, 0.5) is 34.9 Å². The lowest BCUT2D eigenvalue weighted by molar-refractivity contribution is 0.394. The summed E-state index contributed by atoms with van der Waals surface area (Å²) in [6.45, 7) is 11.2. The van der Waals surface area contributed by atoms with Gasteiger partial charge in [-0.2, -0.15) is 25.3 Å². The summed E-state index contributed by atoms with van der Waals surface area (Å²) in [5, 5.41) is 43.7. The molecular formula is C87H81N27O6. The molecule has 6 aromatic carbocycles. The number of anilines is 6. The lowest BCUT2D eigenvalue weighted by Crippen LogP contribution is -2.27. The molecule has 0 fully saturated rings. The standard InChI is InChI=1S/3C29H27N9O2/c1-4-22(34-27-25(26(30)31-16-32-27)28-36-35-17(2)40-28)23-13-18-9-8-12-21(19-14-33-37(3)15-19)24(18)29(39)38(23)20-10-6-5-7-11-20;1-4-22(35-27-25(26(30)31-16-32-27)28-34-17(2)40-36-28)23-13-18-9-8-12-21(19-14-33-37(3)15-19)24(18)29(39)38(23)20-10-6-5-7-11-20;1-4-22(35-27-25(26(30)31-16-32-27)28-34-17(2)36-40-28)23-13-18-9-8-12-21(19-14-33-37(3)15-19)24(18)29(39)38(23)20-10-6-5-7-11-20/h5-16,22H,4H2,1-3H3,(H3,30,31,32,34);2*5-16,22H,4H2,1-3H3,(H3,30,31,32,35)/t3*22-/m000/s1. The van der Waals surface area contributed by atoms with Gasteiger partial charge in [-0.15, -0.1) is 10.2 Å². The van der Waals surface area contributed by atoms with Crippen LogP contribution < -0.4 is 49.8 Å². The van der Waals surface area contributed by atoms with Crippen LogP contribution in [0.3, 0.4) is 0 Å². The summed E-state index contributed by atoms with van der Waals surface area (Å²) in [6.07, 6.45) is 17.1. The molecule has 0 spiro atoms. The highest BCUT2D eigenvalue weighted by Gasteiger charge is 2.30. The Morgan fingerprint density at radius 2 is 0.767 bits per heavy atom. The average molecular weight is 1600 g/mol. The first-order valence-corrected chi connectivity index (χ1v) is 38.5. The summed E-state index contributed by atoms with van der Waals surface area (Å²) in [6, 6.07) is 51.5. The summed E-state index contributed by atoms with van der Waals surface area (Å²) < 4.78 is 26.7. The molecule has 600 valence electrons. The molecule has 0 aliphatic heterocycles. The van der Waals surface area contributed by atoms with Crippen LogP contribution >= 0.6 is 0 Å². The molecule has 12 aromatic heterocycles. The molecule has 33 heteroatoms. The molecule has 0 aliphatic carbocycles. The fourth-order valence-corrected chi connectivity index (χ4v) is 14.9. The van der Waals surface area contributed by atoms with Gasteiger partial charge in [0.2, 0.25) is 17.6 Å². The number of pyridine rings is 3. The zero-order valence-electron chi connectivity index (χ0n) is 66.7. The van der Waals surface area contributed by atoms with Gasteiger partial charge in [0.1, 0.15) is 70.6 Å². The van der Waals surface area contributed by atoms with Crippen LogP contribution in [0.15, 0.2) is 248 Å². The maximum Gasteiger partial charge on any atom is 0.265 e. The lowest BCUT2D eigenvalue weighted by Gasteiger charge is -2.24. The van der Waals surface area contributed by atoms with Crippen molar-refractivity contribution >= 4 is 67.2 Å². The molecule has 0 radical (unpaired) electrons. The summed E-state index contributed by atoms with van der Waals surface area (Å²) in [7, 11) is 5.57. The number of nitrogens with two attached hydrogens (primary N) is 3. The van der Waals surface area contributed by atoms with Gasteiger partial charge in [-0.1, -0.05) is 140 Å². The molecule has 120 heavy (non-hydrogen) atoms. The summed E-state index contributed by atoms with van der Waals surface area (Å²) >= 11 is 0. The second kappa shape index (κ2) is 33.5. The van der Waals surface area contributed by atoms with Crippen molar-refractivity contribution in [3.8, 4) is 84.7 Å². The molecule has 3 atom stereocenters. The second-order valence-electron chi connectivity index (χ2n) is 28.3. The summed E-state index contributed by atoms with van der Waals surface area (Å²) in [4.78, 5) is 77.6. The molecule has 0 saturated carbocycles. The van der Waals surface area contributed by atoms with E-state index in [2.05, 4.69) is 91.6 Å². The maximum absolute atomic E-state index is 14.4. The first-order valence-electron chi connectivity index (χ1n) is 38.5. The smallest absolute Gasteiger partial charge is 0.265 e. The lowest BCUT2D eigenvalue weighted by atomic mass is 9.99. The molecule has 33 nitrogen and oxygen atoms in total. The topological polar surface area (TPSA) is 428 Å². The van der Waals surface area contributed by atoms with Crippen molar-refractivity contribution in [1.82, 2.24) is 103 Å².